The molecule has 1 unspecified atom stereocenters. The van der Waals surface area contributed by atoms with Crippen LogP contribution in [0.25, 0.3) is 11.0 Å². The van der Waals surface area contributed by atoms with E-state index in [1.165, 1.54) is 12.1 Å². The first-order valence-corrected chi connectivity index (χ1v) is 15.1. The van der Waals surface area contributed by atoms with Crippen LogP contribution in [-0.4, -0.2) is 92.5 Å². The number of benzene rings is 2. The maximum atomic E-state index is 13.4. The SMILES string of the molecule is Fc1ccc(Cn2c(NC3CCCN(CCNc4ncccn4)CC3)nc3ccccc32)cc1.O=C([O-])C(=O)[O-].O=C([O-])C(=O)[O-].O=C([O-])C(=O)[O-]. The topological polar surface area (TPSA) is 312 Å². The molecule has 0 spiro atoms. The number of imidazole rings is 1. The zero-order valence-electron chi connectivity index (χ0n) is 27.1. The van der Waals surface area contributed by atoms with Gasteiger partial charge in [0.1, 0.15) is 5.82 Å². The second-order valence-electron chi connectivity index (χ2n) is 10.5. The van der Waals surface area contributed by atoms with Crippen molar-refractivity contribution in [1.82, 2.24) is 24.4 Å². The fraction of sp³-hybridized carbons (Fsp3) is 0.281. The summed E-state index contributed by atoms with van der Waals surface area (Å²) in [5.74, 6) is -11.8. The molecule has 0 radical (unpaired) electrons. The molecule has 52 heavy (non-hydrogen) atoms. The summed E-state index contributed by atoms with van der Waals surface area (Å²) in [4.78, 5) is 69.4. The van der Waals surface area contributed by atoms with Crippen molar-refractivity contribution in [3.05, 3.63) is 78.4 Å². The van der Waals surface area contributed by atoms with Gasteiger partial charge in [0.05, 0.1) is 53.4 Å². The zero-order chi connectivity index (χ0) is 38.6. The fourth-order valence-electron chi connectivity index (χ4n) is 4.54. The number of fused-ring (bicyclic) bond motifs is 1. The van der Waals surface area contributed by atoms with Gasteiger partial charge in [0.25, 0.3) is 0 Å². The van der Waals surface area contributed by atoms with Crippen molar-refractivity contribution >= 4 is 58.7 Å². The van der Waals surface area contributed by atoms with Crippen molar-refractivity contribution < 1.29 is 63.8 Å². The maximum absolute atomic E-state index is 13.4. The summed E-state index contributed by atoms with van der Waals surface area (Å²) in [6, 6.07) is 17.1. The lowest BCUT2D eigenvalue weighted by molar-refractivity contribution is -0.345. The number of hydrogen-bond acceptors (Lipinski definition) is 18. The number of halogens is 1. The molecule has 0 bridgehead atoms. The van der Waals surface area contributed by atoms with E-state index in [0.29, 0.717) is 18.5 Å². The van der Waals surface area contributed by atoms with E-state index in [0.717, 1.165) is 68.0 Å². The molecule has 0 saturated carbocycles. The van der Waals surface area contributed by atoms with E-state index in [4.69, 9.17) is 64.4 Å². The van der Waals surface area contributed by atoms with E-state index in [2.05, 4.69) is 36.1 Å². The van der Waals surface area contributed by atoms with Gasteiger partial charge in [-0.2, -0.15) is 0 Å². The van der Waals surface area contributed by atoms with Gasteiger partial charge < -0.3 is 79.5 Å². The van der Waals surface area contributed by atoms with E-state index in [1.807, 2.05) is 36.4 Å². The molecule has 0 amide bonds. The van der Waals surface area contributed by atoms with Crippen LogP contribution in [0.15, 0.2) is 67.0 Å². The van der Waals surface area contributed by atoms with Gasteiger partial charge in [0.15, 0.2) is 0 Å². The van der Waals surface area contributed by atoms with Crippen LogP contribution >= 0.6 is 0 Å². The summed E-state index contributed by atoms with van der Waals surface area (Å²) >= 11 is 0. The largest absolute Gasteiger partial charge is 0.543 e. The summed E-state index contributed by atoms with van der Waals surface area (Å²) in [6.45, 7) is 4.56. The fourth-order valence-corrected chi connectivity index (χ4v) is 4.54. The van der Waals surface area contributed by atoms with Gasteiger partial charge in [0, 0.05) is 38.1 Å². The Morgan fingerprint density at radius 2 is 1.29 bits per heavy atom. The first-order chi connectivity index (χ1) is 24.7. The standard InChI is InChI=1S/C26H30FN7.3C2H2O4/c27-21-10-8-20(9-11-21)19-34-24-7-2-1-6-23(24)32-26(34)31-22-5-3-16-33(17-12-22)18-15-30-25-28-13-4-14-29-25;3*3-1(4)2(5)6/h1-2,4,6-11,13-14,22H,3,5,12,15-19H2,(H,31,32)(H,28,29,30);3*(H,3,4)(H,5,6)/p-6. The predicted molar refractivity (Wildman–Crippen MR) is 164 cm³/mol. The molecule has 2 aromatic carbocycles. The lowest BCUT2D eigenvalue weighted by Crippen LogP contribution is -2.42. The van der Waals surface area contributed by atoms with Crippen LogP contribution in [-0.2, 0) is 35.3 Å². The number of anilines is 2. The molecular weight excluding hydrogens is 693 g/mol. The number of rotatable bonds is 8. The van der Waals surface area contributed by atoms with Gasteiger partial charge in [-0.3, -0.25) is 0 Å². The molecule has 3 heterocycles. The minimum Gasteiger partial charge on any atom is -0.543 e. The smallest absolute Gasteiger partial charge is 0.222 e. The van der Waals surface area contributed by atoms with Gasteiger partial charge in [-0.05, 0) is 61.7 Å². The number of para-hydroxylation sites is 2. The molecule has 5 rings (SSSR count). The Morgan fingerprint density at radius 1 is 0.731 bits per heavy atom. The van der Waals surface area contributed by atoms with Crippen LogP contribution in [0.3, 0.4) is 0 Å². The molecule has 278 valence electrons. The highest BCUT2D eigenvalue weighted by Gasteiger charge is 2.20. The normalized spacial score (nSPS) is 13.6. The highest BCUT2D eigenvalue weighted by Crippen LogP contribution is 2.24. The number of carboxylic acids is 6. The molecule has 0 aliphatic carbocycles. The van der Waals surface area contributed by atoms with Crippen LogP contribution in [0.2, 0.25) is 0 Å². The highest BCUT2D eigenvalue weighted by molar-refractivity contribution is 6.25. The van der Waals surface area contributed by atoms with Crippen LogP contribution in [0.4, 0.5) is 16.3 Å². The van der Waals surface area contributed by atoms with Crippen molar-refractivity contribution in [2.24, 2.45) is 0 Å². The predicted octanol–water partition coefficient (Wildman–Crippen LogP) is -6.15. The molecule has 1 aliphatic rings. The number of carbonyl (C=O) groups excluding carboxylic acids is 6. The third kappa shape index (κ3) is 15.2. The Labute approximate surface area is 294 Å². The summed E-state index contributed by atoms with van der Waals surface area (Å²) in [7, 11) is 0. The van der Waals surface area contributed by atoms with Gasteiger partial charge in [0.2, 0.25) is 11.9 Å². The second kappa shape index (κ2) is 21.4. The minimum atomic E-state index is -2.19. The Bertz CT molecular complexity index is 1710. The average molecular weight is 724 g/mol. The number of carbonyl (C=O) groups is 6. The Kier molecular flexibility index (Phi) is 17.1. The number of nitrogens with one attached hydrogen (secondary N) is 2. The molecule has 4 aromatic rings. The first kappa shape index (κ1) is 41.5. The molecule has 20 heteroatoms. The van der Waals surface area contributed by atoms with Crippen molar-refractivity contribution in [1.29, 1.82) is 0 Å². The van der Waals surface area contributed by atoms with Gasteiger partial charge >= 0.3 is 0 Å². The molecule has 1 aliphatic heterocycles. The second-order valence-corrected chi connectivity index (χ2v) is 10.5. The highest BCUT2D eigenvalue weighted by atomic mass is 19.1. The van der Waals surface area contributed by atoms with Gasteiger partial charge in [-0.25, -0.2) is 19.3 Å². The zero-order valence-corrected chi connectivity index (χ0v) is 27.1. The van der Waals surface area contributed by atoms with E-state index in [-0.39, 0.29) is 5.82 Å². The van der Waals surface area contributed by atoms with Crippen molar-refractivity contribution in [2.45, 2.75) is 31.8 Å². The van der Waals surface area contributed by atoms with E-state index < -0.39 is 35.8 Å². The van der Waals surface area contributed by atoms with Crippen LogP contribution < -0.4 is 41.3 Å². The number of aromatic nitrogens is 4. The molecule has 19 nitrogen and oxygen atoms in total. The van der Waals surface area contributed by atoms with Crippen molar-refractivity contribution in [3.8, 4) is 0 Å². The third-order valence-electron chi connectivity index (χ3n) is 6.84. The lowest BCUT2D eigenvalue weighted by Gasteiger charge is -2.21. The number of likely N-dealkylation sites (tertiary alicyclic amines) is 1. The van der Waals surface area contributed by atoms with E-state index in [9.17, 15) is 4.39 Å². The molecule has 1 saturated heterocycles. The van der Waals surface area contributed by atoms with Crippen LogP contribution in [0.5, 0.6) is 0 Å². The third-order valence-corrected chi connectivity index (χ3v) is 6.84. The molecule has 1 atom stereocenters. The van der Waals surface area contributed by atoms with Gasteiger partial charge in [-0.1, -0.05) is 24.3 Å². The summed E-state index contributed by atoms with van der Waals surface area (Å²) in [5, 5.41) is 60.6. The number of aliphatic carboxylic acids is 6. The monoisotopic (exact) mass is 723 g/mol. The number of hydrogen-bond donors (Lipinski definition) is 2. The lowest BCUT2D eigenvalue weighted by atomic mass is 10.1. The van der Waals surface area contributed by atoms with E-state index >= 15 is 0 Å². The Hall–Kier alpha value is -6.70. The summed E-state index contributed by atoms with van der Waals surface area (Å²) in [6.07, 6.45) is 6.80. The first-order valence-electron chi connectivity index (χ1n) is 15.1. The quantitative estimate of drug-likeness (QED) is 0.160. The average Bonchev–Trinajstić information content (AvgIpc) is 3.28. The number of carboxylic acid groups (broad SMARTS) is 6. The van der Waals surface area contributed by atoms with Crippen molar-refractivity contribution in [3.63, 3.8) is 0 Å². The van der Waals surface area contributed by atoms with Crippen LogP contribution in [0, 0.1) is 5.82 Å². The van der Waals surface area contributed by atoms with Crippen molar-refractivity contribution in [2.75, 3.05) is 36.8 Å². The maximum Gasteiger partial charge on any atom is 0.222 e. The summed E-state index contributed by atoms with van der Waals surface area (Å²) in [5.41, 5.74) is 3.10. The minimum absolute atomic E-state index is 0.216. The van der Waals surface area contributed by atoms with E-state index in [1.54, 1.807) is 12.4 Å². The Balaban J connectivity index is 0.000000431. The molecule has 1 fully saturated rings. The summed E-state index contributed by atoms with van der Waals surface area (Å²) < 4.78 is 15.6. The molecular formula is C32H30FN7O12-6. The number of nitrogens with zero attached hydrogens (tertiary/aromatic N) is 5. The van der Waals surface area contributed by atoms with Crippen LogP contribution in [0.1, 0.15) is 24.8 Å². The Morgan fingerprint density at radius 3 is 1.85 bits per heavy atom. The van der Waals surface area contributed by atoms with Gasteiger partial charge in [-0.15, -0.1) is 0 Å². The molecule has 2 aromatic heterocycles. The molecule has 2 N–H and O–H groups in total.